The highest BCUT2D eigenvalue weighted by atomic mass is 16.5. The van der Waals surface area contributed by atoms with Crippen molar-refractivity contribution in [3.8, 4) is 11.5 Å². The van der Waals surface area contributed by atoms with E-state index in [4.69, 9.17) is 9.47 Å². The van der Waals surface area contributed by atoms with Gasteiger partial charge < -0.3 is 20.1 Å². The number of methoxy groups -OCH3 is 2. The van der Waals surface area contributed by atoms with E-state index in [0.29, 0.717) is 30.2 Å². The molecule has 0 aliphatic carbocycles. The average molecular weight is 357 g/mol. The van der Waals surface area contributed by atoms with E-state index in [0.717, 1.165) is 30.5 Å². The van der Waals surface area contributed by atoms with E-state index < -0.39 is 0 Å². The Hall–Kier alpha value is -2.76. The summed E-state index contributed by atoms with van der Waals surface area (Å²) in [7, 11) is 3.22. The van der Waals surface area contributed by atoms with Gasteiger partial charge in [0.2, 0.25) is 0 Å². The van der Waals surface area contributed by atoms with E-state index in [9.17, 15) is 4.79 Å². The number of nitrogens with zero attached hydrogens (tertiary/aromatic N) is 1. The monoisotopic (exact) mass is 357 g/mol. The highest BCUT2D eigenvalue weighted by Crippen LogP contribution is 2.27. The van der Waals surface area contributed by atoms with Gasteiger partial charge in [-0.2, -0.15) is 0 Å². The van der Waals surface area contributed by atoms with Crippen molar-refractivity contribution in [3.63, 3.8) is 0 Å². The summed E-state index contributed by atoms with van der Waals surface area (Å²) in [5.74, 6) is 1.29. The molecule has 26 heavy (non-hydrogen) atoms. The summed E-state index contributed by atoms with van der Waals surface area (Å²) in [6, 6.07) is 7.56. The molecule has 0 fully saturated rings. The van der Waals surface area contributed by atoms with E-state index >= 15 is 0 Å². The minimum atomic E-state index is -0.0941. The van der Waals surface area contributed by atoms with Gasteiger partial charge in [0, 0.05) is 25.5 Å². The SMILES string of the molecule is CCCCCNC(=O)c1cncc(NCc2ccc(OC)c(OC)c2)c1. The van der Waals surface area contributed by atoms with Crippen molar-refractivity contribution in [3.05, 3.63) is 47.8 Å². The molecule has 1 aromatic heterocycles. The molecule has 0 unspecified atom stereocenters. The van der Waals surface area contributed by atoms with Crippen LogP contribution in [0.1, 0.15) is 42.1 Å². The molecule has 0 saturated carbocycles. The third kappa shape index (κ3) is 5.65. The molecule has 1 heterocycles. The number of aromatic nitrogens is 1. The number of hydrogen-bond donors (Lipinski definition) is 2. The van der Waals surface area contributed by atoms with Crippen molar-refractivity contribution in [1.29, 1.82) is 0 Å². The molecule has 1 aromatic carbocycles. The lowest BCUT2D eigenvalue weighted by atomic mass is 10.2. The topological polar surface area (TPSA) is 72.5 Å². The number of amides is 1. The summed E-state index contributed by atoms with van der Waals surface area (Å²) < 4.78 is 10.6. The van der Waals surface area contributed by atoms with Crippen molar-refractivity contribution in [2.24, 2.45) is 0 Å². The fourth-order valence-electron chi connectivity index (χ4n) is 2.53. The van der Waals surface area contributed by atoms with Crippen LogP contribution in [-0.2, 0) is 6.54 Å². The Labute approximate surface area is 154 Å². The lowest BCUT2D eigenvalue weighted by Crippen LogP contribution is -2.24. The van der Waals surface area contributed by atoms with Gasteiger partial charge in [-0.1, -0.05) is 25.8 Å². The van der Waals surface area contributed by atoms with Gasteiger partial charge in [0.1, 0.15) is 0 Å². The van der Waals surface area contributed by atoms with Crippen LogP contribution in [0.25, 0.3) is 0 Å². The first kappa shape index (κ1) is 19.6. The quantitative estimate of drug-likeness (QED) is 0.635. The molecule has 2 aromatic rings. The number of nitrogens with one attached hydrogen (secondary N) is 2. The second-order valence-corrected chi connectivity index (χ2v) is 5.97. The predicted octanol–water partition coefficient (Wildman–Crippen LogP) is 3.63. The number of benzene rings is 1. The zero-order valence-electron chi connectivity index (χ0n) is 15.7. The predicted molar refractivity (Wildman–Crippen MR) is 103 cm³/mol. The highest BCUT2D eigenvalue weighted by molar-refractivity contribution is 5.94. The first-order valence-corrected chi connectivity index (χ1v) is 8.86. The van der Waals surface area contributed by atoms with Crippen molar-refractivity contribution in [1.82, 2.24) is 10.3 Å². The lowest BCUT2D eigenvalue weighted by Gasteiger charge is -2.11. The molecule has 0 spiro atoms. The summed E-state index contributed by atoms with van der Waals surface area (Å²) >= 11 is 0. The van der Waals surface area contributed by atoms with E-state index in [1.807, 2.05) is 24.3 Å². The molecule has 0 radical (unpaired) electrons. The number of anilines is 1. The second-order valence-electron chi connectivity index (χ2n) is 5.97. The molecule has 0 saturated heterocycles. The Kier molecular flexibility index (Phi) is 7.74. The Morgan fingerprint density at radius 1 is 1.08 bits per heavy atom. The van der Waals surface area contributed by atoms with Crippen LogP contribution >= 0.6 is 0 Å². The number of ether oxygens (including phenoxy) is 2. The largest absolute Gasteiger partial charge is 0.493 e. The first-order valence-electron chi connectivity index (χ1n) is 8.86. The number of pyridine rings is 1. The zero-order valence-corrected chi connectivity index (χ0v) is 15.7. The smallest absolute Gasteiger partial charge is 0.252 e. The lowest BCUT2D eigenvalue weighted by molar-refractivity contribution is 0.0952. The first-order chi connectivity index (χ1) is 12.7. The Bertz CT molecular complexity index is 719. The number of unbranched alkanes of at least 4 members (excludes halogenated alkanes) is 2. The van der Waals surface area contributed by atoms with Crippen LogP contribution in [0, 0.1) is 0 Å². The Morgan fingerprint density at radius 2 is 1.88 bits per heavy atom. The third-order valence-corrected chi connectivity index (χ3v) is 4.01. The zero-order chi connectivity index (χ0) is 18.8. The molecular weight excluding hydrogens is 330 g/mol. The van der Waals surface area contributed by atoms with Gasteiger partial charge in [-0.05, 0) is 30.2 Å². The number of carbonyl (C=O) groups excluding carboxylic acids is 1. The van der Waals surface area contributed by atoms with Gasteiger partial charge in [0.15, 0.2) is 11.5 Å². The maximum absolute atomic E-state index is 12.2. The molecule has 6 heteroatoms. The molecule has 0 atom stereocenters. The van der Waals surface area contributed by atoms with E-state index in [1.54, 1.807) is 26.6 Å². The molecule has 2 rings (SSSR count). The number of carbonyl (C=O) groups is 1. The van der Waals surface area contributed by atoms with Crippen LogP contribution in [0.15, 0.2) is 36.7 Å². The van der Waals surface area contributed by atoms with Crippen LogP contribution < -0.4 is 20.1 Å². The van der Waals surface area contributed by atoms with Crippen molar-refractivity contribution in [2.45, 2.75) is 32.7 Å². The minimum Gasteiger partial charge on any atom is -0.493 e. The third-order valence-electron chi connectivity index (χ3n) is 4.01. The van der Waals surface area contributed by atoms with E-state index in [2.05, 4.69) is 22.5 Å². The molecule has 1 amide bonds. The van der Waals surface area contributed by atoms with Gasteiger partial charge in [-0.15, -0.1) is 0 Å². The van der Waals surface area contributed by atoms with Crippen molar-refractivity contribution in [2.75, 3.05) is 26.1 Å². The molecule has 0 aliphatic heterocycles. The summed E-state index contributed by atoms with van der Waals surface area (Å²) in [5, 5.41) is 6.21. The van der Waals surface area contributed by atoms with Crippen molar-refractivity contribution >= 4 is 11.6 Å². The Morgan fingerprint density at radius 3 is 2.62 bits per heavy atom. The van der Waals surface area contributed by atoms with Gasteiger partial charge in [-0.3, -0.25) is 9.78 Å². The Balaban J connectivity index is 1.95. The normalized spacial score (nSPS) is 10.3. The molecule has 2 N–H and O–H groups in total. The molecule has 0 bridgehead atoms. The fraction of sp³-hybridized carbons (Fsp3) is 0.400. The maximum Gasteiger partial charge on any atom is 0.252 e. The van der Waals surface area contributed by atoms with Crippen LogP contribution in [0.4, 0.5) is 5.69 Å². The summed E-state index contributed by atoms with van der Waals surface area (Å²) in [4.78, 5) is 16.3. The molecular formula is C20H27N3O3. The van der Waals surface area contributed by atoms with Crippen LogP contribution in [0.3, 0.4) is 0 Å². The van der Waals surface area contributed by atoms with Crippen LogP contribution in [0.2, 0.25) is 0 Å². The van der Waals surface area contributed by atoms with Gasteiger partial charge in [0.05, 0.1) is 25.5 Å². The van der Waals surface area contributed by atoms with Crippen LogP contribution in [0.5, 0.6) is 11.5 Å². The molecule has 140 valence electrons. The maximum atomic E-state index is 12.2. The number of hydrogen-bond acceptors (Lipinski definition) is 5. The summed E-state index contributed by atoms with van der Waals surface area (Å²) in [6.07, 6.45) is 6.52. The fourth-order valence-corrected chi connectivity index (χ4v) is 2.53. The molecule has 6 nitrogen and oxygen atoms in total. The van der Waals surface area contributed by atoms with Crippen LogP contribution in [-0.4, -0.2) is 31.7 Å². The molecule has 0 aliphatic rings. The highest BCUT2D eigenvalue weighted by Gasteiger charge is 2.07. The second kappa shape index (κ2) is 10.3. The van der Waals surface area contributed by atoms with Gasteiger partial charge in [-0.25, -0.2) is 0 Å². The number of rotatable bonds is 10. The van der Waals surface area contributed by atoms with E-state index in [-0.39, 0.29) is 5.91 Å². The van der Waals surface area contributed by atoms with Gasteiger partial charge >= 0.3 is 0 Å². The summed E-state index contributed by atoms with van der Waals surface area (Å²) in [6.45, 7) is 3.42. The van der Waals surface area contributed by atoms with Crippen molar-refractivity contribution < 1.29 is 14.3 Å². The standard InChI is InChI=1S/C20H27N3O3/c1-4-5-6-9-22-20(24)16-11-17(14-21-13-16)23-12-15-7-8-18(25-2)19(10-15)26-3/h7-8,10-11,13-14,23H,4-6,9,12H2,1-3H3,(H,22,24). The minimum absolute atomic E-state index is 0.0941. The van der Waals surface area contributed by atoms with Gasteiger partial charge in [0.25, 0.3) is 5.91 Å². The average Bonchev–Trinajstić information content (AvgIpc) is 2.69. The summed E-state index contributed by atoms with van der Waals surface area (Å²) in [5.41, 5.74) is 2.39. The van der Waals surface area contributed by atoms with E-state index in [1.165, 1.54) is 0 Å².